The van der Waals surface area contributed by atoms with Gasteiger partial charge in [0, 0.05) is 6.20 Å². The van der Waals surface area contributed by atoms with E-state index in [1.807, 2.05) is 30.3 Å². The Morgan fingerprint density at radius 3 is 2.37 bits per heavy atom. The maximum absolute atomic E-state index is 12.8. The first-order chi connectivity index (χ1) is 16.4. The lowest BCUT2D eigenvalue weighted by Crippen LogP contribution is -2.43. The van der Waals surface area contributed by atoms with Crippen LogP contribution in [0.25, 0.3) is 0 Å². The summed E-state index contributed by atoms with van der Waals surface area (Å²) >= 11 is 0. The number of alkyl halides is 3. The Balaban J connectivity index is 1.71. The fourth-order valence-electron chi connectivity index (χ4n) is 3.31. The predicted molar refractivity (Wildman–Crippen MR) is 119 cm³/mol. The third-order valence-electron chi connectivity index (χ3n) is 5.52. The molecule has 0 spiro atoms. The van der Waals surface area contributed by atoms with Crippen molar-refractivity contribution < 1.29 is 32.2 Å². The van der Waals surface area contributed by atoms with Crippen molar-refractivity contribution in [1.29, 1.82) is 0 Å². The zero-order valence-corrected chi connectivity index (χ0v) is 19.7. The van der Waals surface area contributed by atoms with Crippen molar-refractivity contribution in [2.75, 3.05) is 0 Å². The van der Waals surface area contributed by atoms with Crippen LogP contribution in [0.15, 0.2) is 53.1 Å². The Hall–Kier alpha value is -3.47. The Morgan fingerprint density at radius 2 is 1.80 bits per heavy atom. The summed E-state index contributed by atoms with van der Waals surface area (Å²) in [5, 5.41) is 21.4. The predicted octanol–water partition coefficient (Wildman–Crippen LogP) is 4.79. The number of halogens is 3. The number of aromatic nitrogens is 3. The molecule has 3 rings (SSSR count). The number of aliphatic hydroxyl groups is 1. The summed E-state index contributed by atoms with van der Waals surface area (Å²) in [5.74, 6) is -0.329. The van der Waals surface area contributed by atoms with E-state index in [1.165, 1.54) is 6.07 Å². The smallest absolute Gasteiger partial charge is 0.417 e. The van der Waals surface area contributed by atoms with Crippen LogP contribution in [0.1, 0.15) is 62.4 Å². The number of alkyl carbamates (subject to hydrolysis) is 1. The number of ether oxygens (including phenoxy) is 1. The molecule has 2 atom stereocenters. The Morgan fingerprint density at radius 1 is 1.11 bits per heavy atom. The van der Waals surface area contributed by atoms with Gasteiger partial charge in [-0.15, -0.1) is 10.2 Å². The quantitative estimate of drug-likeness (QED) is 0.465. The largest absolute Gasteiger partial charge is 0.445 e. The number of benzene rings is 1. The van der Waals surface area contributed by atoms with Crippen LogP contribution < -0.4 is 5.32 Å². The van der Waals surface area contributed by atoms with Gasteiger partial charge in [-0.05, 0) is 37.5 Å². The molecule has 0 saturated carbocycles. The third-order valence-corrected chi connectivity index (χ3v) is 5.52. The van der Waals surface area contributed by atoms with E-state index in [0.717, 1.165) is 17.8 Å². The van der Waals surface area contributed by atoms with Crippen LogP contribution in [-0.4, -0.2) is 32.4 Å². The molecule has 11 heteroatoms. The molecule has 0 aliphatic rings. The Kier molecular flexibility index (Phi) is 7.79. The van der Waals surface area contributed by atoms with Crippen molar-refractivity contribution >= 4 is 6.09 Å². The summed E-state index contributed by atoms with van der Waals surface area (Å²) in [6, 6.07) is 10.5. The maximum atomic E-state index is 12.8. The van der Waals surface area contributed by atoms with Crippen molar-refractivity contribution in [2.45, 2.75) is 58.0 Å². The van der Waals surface area contributed by atoms with Crippen LogP contribution >= 0.6 is 0 Å². The Bertz CT molecular complexity index is 1120. The molecule has 0 fully saturated rings. The van der Waals surface area contributed by atoms with E-state index < -0.39 is 35.4 Å². The summed E-state index contributed by atoms with van der Waals surface area (Å²) in [6.45, 7) is 6.96. The van der Waals surface area contributed by atoms with Gasteiger partial charge in [0.05, 0.1) is 22.7 Å². The molecule has 0 radical (unpaired) electrons. The van der Waals surface area contributed by atoms with Crippen LogP contribution in [0.3, 0.4) is 0 Å². The third kappa shape index (κ3) is 6.36. The number of nitrogens with zero attached hydrogens (tertiary/aromatic N) is 3. The molecular formula is C24H27F3N4O4. The van der Waals surface area contributed by atoms with Crippen LogP contribution in [0.5, 0.6) is 0 Å². The molecule has 1 aromatic carbocycles. The van der Waals surface area contributed by atoms with Gasteiger partial charge >= 0.3 is 12.3 Å². The highest BCUT2D eigenvalue weighted by Gasteiger charge is 2.36. The minimum atomic E-state index is -4.50. The molecule has 0 aliphatic carbocycles. The molecule has 1 amide bonds. The summed E-state index contributed by atoms with van der Waals surface area (Å²) in [4.78, 5) is 16.2. The van der Waals surface area contributed by atoms with Crippen molar-refractivity contribution in [3.05, 3.63) is 77.3 Å². The van der Waals surface area contributed by atoms with Gasteiger partial charge in [0.1, 0.15) is 6.61 Å². The lowest BCUT2D eigenvalue weighted by molar-refractivity contribution is -0.137. The van der Waals surface area contributed by atoms with Crippen LogP contribution in [0.2, 0.25) is 0 Å². The van der Waals surface area contributed by atoms with E-state index in [0.29, 0.717) is 0 Å². The molecule has 2 unspecified atom stereocenters. The number of hydrogen-bond acceptors (Lipinski definition) is 7. The zero-order valence-electron chi connectivity index (χ0n) is 19.7. The van der Waals surface area contributed by atoms with E-state index in [-0.39, 0.29) is 30.0 Å². The summed E-state index contributed by atoms with van der Waals surface area (Å²) < 4.78 is 49.5. The second-order valence-electron chi connectivity index (χ2n) is 8.92. The number of hydrogen-bond donors (Lipinski definition) is 2. The average molecular weight is 492 g/mol. The van der Waals surface area contributed by atoms with Crippen LogP contribution in [-0.2, 0) is 22.9 Å². The number of carbonyl (C=O) groups is 1. The monoisotopic (exact) mass is 492 g/mol. The normalized spacial score (nSPS) is 14.0. The van der Waals surface area contributed by atoms with Crippen LogP contribution in [0, 0.1) is 5.92 Å². The van der Waals surface area contributed by atoms with Gasteiger partial charge in [0.2, 0.25) is 11.8 Å². The number of rotatable bonds is 8. The minimum absolute atomic E-state index is 0.0490. The second kappa shape index (κ2) is 10.4. The van der Waals surface area contributed by atoms with E-state index in [1.54, 1.807) is 27.7 Å². The van der Waals surface area contributed by atoms with Crippen molar-refractivity contribution in [2.24, 2.45) is 5.92 Å². The van der Waals surface area contributed by atoms with E-state index in [2.05, 4.69) is 20.5 Å². The number of aliphatic hydroxyl groups excluding tert-OH is 1. The van der Waals surface area contributed by atoms with Crippen molar-refractivity contribution in [3.63, 3.8) is 0 Å². The van der Waals surface area contributed by atoms with E-state index >= 15 is 0 Å². The first kappa shape index (κ1) is 26.1. The summed E-state index contributed by atoms with van der Waals surface area (Å²) in [5.41, 5.74) is -0.823. The van der Waals surface area contributed by atoms with Gasteiger partial charge < -0.3 is 19.6 Å². The zero-order chi connectivity index (χ0) is 25.8. The van der Waals surface area contributed by atoms with Crippen molar-refractivity contribution in [1.82, 2.24) is 20.5 Å². The molecule has 0 bridgehead atoms. The van der Waals surface area contributed by atoms with Crippen molar-refractivity contribution in [3.8, 4) is 0 Å². The summed E-state index contributed by atoms with van der Waals surface area (Å²) in [6.07, 6.45) is -5.83. The SMILES string of the molecule is CC(C)C(NC(=O)OCc1ccccc1)C(O)c1nnc(C(C)(C)c2ccc(C(F)(F)F)cn2)o1. The van der Waals surface area contributed by atoms with E-state index in [9.17, 15) is 23.1 Å². The molecule has 3 aromatic rings. The molecule has 0 aliphatic heterocycles. The highest BCUT2D eigenvalue weighted by atomic mass is 19.4. The molecule has 2 N–H and O–H groups in total. The molecule has 35 heavy (non-hydrogen) atoms. The molecule has 8 nitrogen and oxygen atoms in total. The number of pyridine rings is 1. The lowest BCUT2D eigenvalue weighted by atomic mass is 9.88. The second-order valence-corrected chi connectivity index (χ2v) is 8.92. The highest BCUT2D eigenvalue weighted by Crippen LogP contribution is 2.33. The molecular weight excluding hydrogens is 465 g/mol. The minimum Gasteiger partial charge on any atom is -0.445 e. The molecule has 188 valence electrons. The van der Waals surface area contributed by atoms with Crippen LogP contribution in [0.4, 0.5) is 18.0 Å². The molecule has 0 saturated heterocycles. The van der Waals surface area contributed by atoms with Gasteiger partial charge in [0.15, 0.2) is 6.10 Å². The van der Waals surface area contributed by atoms with Gasteiger partial charge in [-0.2, -0.15) is 13.2 Å². The fraction of sp³-hybridized carbons (Fsp3) is 0.417. The van der Waals surface area contributed by atoms with Gasteiger partial charge in [0.25, 0.3) is 0 Å². The number of amides is 1. The molecule has 2 heterocycles. The van der Waals surface area contributed by atoms with Gasteiger partial charge in [-0.1, -0.05) is 44.2 Å². The van der Waals surface area contributed by atoms with E-state index in [4.69, 9.17) is 9.15 Å². The fourth-order valence-corrected chi connectivity index (χ4v) is 3.31. The number of carbonyl (C=O) groups excluding carboxylic acids is 1. The first-order valence-corrected chi connectivity index (χ1v) is 10.9. The first-order valence-electron chi connectivity index (χ1n) is 10.9. The van der Waals surface area contributed by atoms with Gasteiger partial charge in [-0.25, -0.2) is 4.79 Å². The van der Waals surface area contributed by atoms with Gasteiger partial charge in [-0.3, -0.25) is 4.98 Å². The maximum Gasteiger partial charge on any atom is 0.417 e. The Labute approximate surface area is 200 Å². The number of nitrogens with one attached hydrogen (secondary N) is 1. The molecule has 2 aromatic heterocycles. The lowest BCUT2D eigenvalue weighted by Gasteiger charge is -2.25. The average Bonchev–Trinajstić information content (AvgIpc) is 3.32. The summed E-state index contributed by atoms with van der Waals surface area (Å²) in [7, 11) is 0. The standard InChI is InChI=1S/C24H27F3N4O4/c1-14(2)18(29-22(33)34-13-15-8-6-5-7-9-15)19(32)20-30-31-21(35-20)23(3,4)17-11-10-16(12-28-17)24(25,26)27/h5-12,14,18-19,32H,13H2,1-4H3,(H,29,33). The topological polar surface area (TPSA) is 110 Å². The highest BCUT2D eigenvalue weighted by molar-refractivity contribution is 5.67.